The average molecular weight is 256 g/mol. The lowest BCUT2D eigenvalue weighted by Crippen LogP contribution is -2.18. The predicted octanol–water partition coefficient (Wildman–Crippen LogP) is 2.63. The summed E-state index contributed by atoms with van der Waals surface area (Å²) >= 11 is 0. The van der Waals surface area contributed by atoms with Crippen molar-refractivity contribution < 1.29 is 9.90 Å². The van der Waals surface area contributed by atoms with Gasteiger partial charge in [0.1, 0.15) is 0 Å². The molecule has 4 heteroatoms. The molecule has 0 saturated heterocycles. The second-order valence-corrected chi connectivity index (χ2v) is 4.39. The van der Waals surface area contributed by atoms with Gasteiger partial charge in [-0.1, -0.05) is 18.2 Å². The Morgan fingerprint density at radius 2 is 2.05 bits per heavy atom. The Morgan fingerprint density at radius 1 is 1.32 bits per heavy atom. The first-order valence-corrected chi connectivity index (χ1v) is 6.12. The van der Waals surface area contributed by atoms with E-state index >= 15 is 0 Å². The maximum atomic E-state index is 10.7. The highest BCUT2D eigenvalue weighted by Gasteiger charge is 2.05. The number of hydrogen-bond acceptors (Lipinski definition) is 3. The Hall–Kier alpha value is -2.20. The predicted molar refractivity (Wildman–Crippen MR) is 72.9 cm³/mol. The summed E-state index contributed by atoms with van der Waals surface area (Å²) in [5.41, 5.74) is 2.49. The summed E-state index contributed by atoms with van der Waals surface area (Å²) in [6, 6.07) is 11.0. The van der Waals surface area contributed by atoms with Crippen LogP contribution in [0.4, 0.5) is 0 Å². The highest BCUT2D eigenvalue weighted by atomic mass is 16.4. The molecule has 0 amide bonds. The number of pyridine rings is 1. The number of rotatable bonds is 5. The monoisotopic (exact) mass is 256 g/mol. The van der Waals surface area contributed by atoms with Crippen molar-refractivity contribution in [1.82, 2.24) is 10.3 Å². The Kier molecular flexibility index (Phi) is 4.26. The Labute approximate surface area is 112 Å². The van der Waals surface area contributed by atoms with Crippen LogP contribution < -0.4 is 5.32 Å². The summed E-state index contributed by atoms with van der Waals surface area (Å²) in [6.45, 7) is 2.76. The standard InChI is InChI=1S/C15H16N2O2/c1-11(14-3-2-8-16-10-14)17-9-12-4-6-13(7-5-12)15(18)19/h2-8,10-11,17H,9H2,1H3,(H,18,19)/t11-/m0/s1. The first-order valence-electron chi connectivity index (χ1n) is 6.12. The highest BCUT2D eigenvalue weighted by Crippen LogP contribution is 2.11. The Balaban J connectivity index is 1.93. The summed E-state index contributed by atoms with van der Waals surface area (Å²) in [4.78, 5) is 14.8. The molecule has 0 radical (unpaired) electrons. The fourth-order valence-corrected chi connectivity index (χ4v) is 1.79. The molecule has 2 rings (SSSR count). The zero-order chi connectivity index (χ0) is 13.7. The van der Waals surface area contributed by atoms with Gasteiger partial charge in [0.15, 0.2) is 0 Å². The molecule has 1 atom stereocenters. The number of carbonyl (C=O) groups is 1. The van der Waals surface area contributed by atoms with Crippen molar-refractivity contribution in [2.75, 3.05) is 0 Å². The smallest absolute Gasteiger partial charge is 0.335 e. The lowest BCUT2D eigenvalue weighted by Gasteiger charge is -2.13. The summed E-state index contributed by atoms with van der Waals surface area (Å²) in [7, 11) is 0. The van der Waals surface area contributed by atoms with Crippen LogP contribution in [0.1, 0.15) is 34.5 Å². The van der Waals surface area contributed by atoms with Crippen LogP contribution in [0.2, 0.25) is 0 Å². The van der Waals surface area contributed by atoms with E-state index in [2.05, 4.69) is 17.2 Å². The molecule has 19 heavy (non-hydrogen) atoms. The normalized spacial score (nSPS) is 12.1. The van der Waals surface area contributed by atoms with E-state index in [0.717, 1.165) is 11.1 Å². The van der Waals surface area contributed by atoms with Gasteiger partial charge in [-0.3, -0.25) is 4.98 Å². The van der Waals surface area contributed by atoms with E-state index in [1.165, 1.54) is 0 Å². The van der Waals surface area contributed by atoms with Crippen molar-refractivity contribution in [2.24, 2.45) is 0 Å². The fourth-order valence-electron chi connectivity index (χ4n) is 1.79. The van der Waals surface area contributed by atoms with E-state index in [9.17, 15) is 4.79 Å². The van der Waals surface area contributed by atoms with Gasteiger partial charge in [-0.15, -0.1) is 0 Å². The van der Waals surface area contributed by atoms with Gasteiger partial charge in [0, 0.05) is 25.0 Å². The molecular formula is C15H16N2O2. The quantitative estimate of drug-likeness (QED) is 0.863. The van der Waals surface area contributed by atoms with Crippen molar-refractivity contribution in [3.63, 3.8) is 0 Å². The number of aromatic carboxylic acids is 1. The van der Waals surface area contributed by atoms with E-state index in [1.807, 2.05) is 30.5 Å². The molecule has 0 bridgehead atoms. The van der Waals surface area contributed by atoms with E-state index in [0.29, 0.717) is 12.1 Å². The fraction of sp³-hybridized carbons (Fsp3) is 0.200. The lowest BCUT2D eigenvalue weighted by molar-refractivity contribution is 0.0697. The third-order valence-corrected chi connectivity index (χ3v) is 3.00. The zero-order valence-electron chi connectivity index (χ0n) is 10.7. The summed E-state index contributed by atoms with van der Waals surface area (Å²) in [6.07, 6.45) is 3.59. The molecule has 0 aliphatic heterocycles. The topological polar surface area (TPSA) is 62.2 Å². The number of carboxylic acid groups (broad SMARTS) is 1. The minimum atomic E-state index is -0.900. The van der Waals surface area contributed by atoms with Crippen LogP contribution in [0.15, 0.2) is 48.8 Å². The van der Waals surface area contributed by atoms with Crippen LogP contribution in [0, 0.1) is 0 Å². The molecule has 0 aliphatic carbocycles. The van der Waals surface area contributed by atoms with Gasteiger partial charge >= 0.3 is 5.97 Å². The minimum Gasteiger partial charge on any atom is -0.478 e. The van der Waals surface area contributed by atoms with Gasteiger partial charge in [0.05, 0.1) is 5.56 Å². The molecule has 2 aromatic rings. The molecule has 4 nitrogen and oxygen atoms in total. The minimum absolute atomic E-state index is 0.202. The van der Waals surface area contributed by atoms with Crippen LogP contribution in [0.3, 0.4) is 0 Å². The first-order chi connectivity index (χ1) is 9.16. The molecule has 0 spiro atoms. The van der Waals surface area contributed by atoms with Gasteiger partial charge in [-0.05, 0) is 36.2 Å². The number of hydrogen-bond donors (Lipinski definition) is 2. The van der Waals surface area contributed by atoms with Gasteiger partial charge in [-0.2, -0.15) is 0 Å². The van der Waals surface area contributed by atoms with E-state index in [-0.39, 0.29) is 6.04 Å². The number of nitrogens with one attached hydrogen (secondary N) is 1. The number of nitrogens with zero attached hydrogens (tertiary/aromatic N) is 1. The van der Waals surface area contributed by atoms with Crippen LogP contribution in [-0.2, 0) is 6.54 Å². The molecule has 1 heterocycles. The molecule has 0 unspecified atom stereocenters. The number of benzene rings is 1. The SMILES string of the molecule is C[C@H](NCc1ccc(C(=O)O)cc1)c1cccnc1. The maximum absolute atomic E-state index is 10.7. The molecule has 2 N–H and O–H groups in total. The van der Waals surface area contributed by atoms with Crippen LogP contribution in [0.5, 0.6) is 0 Å². The van der Waals surface area contributed by atoms with Crippen molar-refractivity contribution >= 4 is 5.97 Å². The number of aromatic nitrogens is 1. The maximum Gasteiger partial charge on any atom is 0.335 e. The summed E-state index contributed by atoms with van der Waals surface area (Å²) in [5, 5.41) is 12.2. The second kappa shape index (κ2) is 6.11. The average Bonchev–Trinajstić information content (AvgIpc) is 2.46. The van der Waals surface area contributed by atoms with Gasteiger partial charge < -0.3 is 10.4 Å². The van der Waals surface area contributed by atoms with Crippen LogP contribution >= 0.6 is 0 Å². The molecular weight excluding hydrogens is 240 g/mol. The molecule has 98 valence electrons. The third-order valence-electron chi connectivity index (χ3n) is 3.00. The molecule has 0 aliphatic rings. The molecule has 0 fully saturated rings. The molecule has 0 saturated carbocycles. The van der Waals surface area contributed by atoms with Crippen LogP contribution in [-0.4, -0.2) is 16.1 Å². The second-order valence-electron chi connectivity index (χ2n) is 4.39. The summed E-state index contributed by atoms with van der Waals surface area (Å²) in [5.74, 6) is -0.900. The zero-order valence-corrected chi connectivity index (χ0v) is 10.7. The van der Waals surface area contributed by atoms with Crippen LogP contribution in [0.25, 0.3) is 0 Å². The Bertz CT molecular complexity index is 538. The highest BCUT2D eigenvalue weighted by molar-refractivity contribution is 5.87. The van der Waals surface area contributed by atoms with Gasteiger partial charge in [-0.25, -0.2) is 4.79 Å². The lowest BCUT2D eigenvalue weighted by atomic mass is 10.1. The van der Waals surface area contributed by atoms with E-state index < -0.39 is 5.97 Å². The third kappa shape index (κ3) is 3.63. The summed E-state index contributed by atoms with van der Waals surface area (Å²) < 4.78 is 0. The Morgan fingerprint density at radius 3 is 2.63 bits per heavy atom. The largest absolute Gasteiger partial charge is 0.478 e. The van der Waals surface area contributed by atoms with E-state index in [1.54, 1.807) is 18.3 Å². The molecule has 1 aromatic carbocycles. The van der Waals surface area contributed by atoms with Gasteiger partial charge in [0.2, 0.25) is 0 Å². The number of carboxylic acids is 1. The van der Waals surface area contributed by atoms with Crippen molar-refractivity contribution in [3.8, 4) is 0 Å². The molecule has 1 aromatic heterocycles. The van der Waals surface area contributed by atoms with Crippen molar-refractivity contribution in [2.45, 2.75) is 19.5 Å². The van der Waals surface area contributed by atoms with Crippen molar-refractivity contribution in [3.05, 3.63) is 65.5 Å². The van der Waals surface area contributed by atoms with E-state index in [4.69, 9.17) is 5.11 Å². The van der Waals surface area contributed by atoms with Gasteiger partial charge in [0.25, 0.3) is 0 Å². The first kappa shape index (κ1) is 13.2. The van der Waals surface area contributed by atoms with Crippen molar-refractivity contribution in [1.29, 1.82) is 0 Å².